The van der Waals surface area contributed by atoms with E-state index in [2.05, 4.69) is 79.9 Å². The first-order valence-corrected chi connectivity index (χ1v) is 7.86. The zero-order valence-corrected chi connectivity index (χ0v) is 12.4. The Morgan fingerprint density at radius 1 is 1.00 bits per heavy atom. The molecule has 0 radical (unpaired) electrons. The summed E-state index contributed by atoms with van der Waals surface area (Å²) in [6, 6.07) is 19.4. The lowest BCUT2D eigenvalue weighted by Crippen LogP contribution is -1.89. The molecule has 0 amide bonds. The van der Waals surface area contributed by atoms with Crippen molar-refractivity contribution in [1.29, 1.82) is 0 Å². The van der Waals surface area contributed by atoms with Gasteiger partial charge in [0.15, 0.2) is 0 Å². The standard InChI is InChI=1S/C18H20S/c1-15(17-11-13-18(19-2)14-12-17)7-6-10-16-8-4-3-5-9-16/h3-9,11-15H,10H2,1-2H3/b7-6+/t15-/m0/s1. The number of thioether (sulfide) groups is 1. The van der Waals surface area contributed by atoms with Gasteiger partial charge < -0.3 is 0 Å². The first kappa shape index (κ1) is 14.0. The Morgan fingerprint density at radius 2 is 1.68 bits per heavy atom. The molecule has 0 bridgehead atoms. The van der Waals surface area contributed by atoms with Crippen LogP contribution in [0.1, 0.15) is 24.0 Å². The molecule has 0 saturated heterocycles. The van der Waals surface area contributed by atoms with Crippen molar-refractivity contribution < 1.29 is 0 Å². The van der Waals surface area contributed by atoms with E-state index in [0.29, 0.717) is 5.92 Å². The highest BCUT2D eigenvalue weighted by Crippen LogP contribution is 2.21. The summed E-state index contributed by atoms with van der Waals surface area (Å²) in [5.41, 5.74) is 2.74. The largest absolute Gasteiger partial charge is 0.130 e. The van der Waals surface area contributed by atoms with Crippen LogP contribution in [0.25, 0.3) is 0 Å². The van der Waals surface area contributed by atoms with Gasteiger partial charge in [-0.15, -0.1) is 11.8 Å². The third-order valence-corrected chi connectivity index (χ3v) is 4.01. The van der Waals surface area contributed by atoms with Crippen molar-refractivity contribution in [2.24, 2.45) is 0 Å². The highest BCUT2D eigenvalue weighted by molar-refractivity contribution is 7.98. The van der Waals surface area contributed by atoms with Crippen LogP contribution in [-0.4, -0.2) is 6.26 Å². The van der Waals surface area contributed by atoms with E-state index in [0.717, 1.165) is 6.42 Å². The molecule has 0 nitrogen and oxygen atoms in total. The zero-order valence-electron chi connectivity index (χ0n) is 11.5. The third-order valence-electron chi connectivity index (χ3n) is 3.26. The highest BCUT2D eigenvalue weighted by atomic mass is 32.2. The Balaban J connectivity index is 1.94. The van der Waals surface area contributed by atoms with Crippen LogP contribution in [0.5, 0.6) is 0 Å². The molecule has 0 fully saturated rings. The Labute approximate surface area is 120 Å². The van der Waals surface area contributed by atoms with Gasteiger partial charge in [0.25, 0.3) is 0 Å². The predicted molar refractivity (Wildman–Crippen MR) is 85.9 cm³/mol. The molecule has 0 aromatic heterocycles. The van der Waals surface area contributed by atoms with Crippen molar-refractivity contribution >= 4 is 11.8 Å². The molecule has 98 valence electrons. The van der Waals surface area contributed by atoms with Crippen LogP contribution in [0.4, 0.5) is 0 Å². The molecule has 0 unspecified atom stereocenters. The summed E-state index contributed by atoms with van der Waals surface area (Å²) in [5, 5.41) is 0. The average molecular weight is 268 g/mol. The van der Waals surface area contributed by atoms with Gasteiger partial charge >= 0.3 is 0 Å². The summed E-state index contributed by atoms with van der Waals surface area (Å²) in [6.07, 6.45) is 7.68. The average Bonchev–Trinajstić information content (AvgIpc) is 2.48. The van der Waals surface area contributed by atoms with Crippen LogP contribution in [0.2, 0.25) is 0 Å². The van der Waals surface area contributed by atoms with Gasteiger partial charge in [-0.2, -0.15) is 0 Å². The summed E-state index contributed by atoms with van der Waals surface area (Å²) < 4.78 is 0. The van der Waals surface area contributed by atoms with E-state index in [1.165, 1.54) is 16.0 Å². The summed E-state index contributed by atoms with van der Waals surface area (Å²) in [6.45, 7) is 2.25. The van der Waals surface area contributed by atoms with Crippen molar-refractivity contribution in [2.75, 3.05) is 6.26 Å². The lowest BCUT2D eigenvalue weighted by atomic mass is 10.00. The Hall–Kier alpha value is -1.47. The van der Waals surface area contributed by atoms with Crippen molar-refractivity contribution in [3.8, 4) is 0 Å². The number of allylic oxidation sites excluding steroid dienone is 2. The third kappa shape index (κ3) is 4.29. The van der Waals surface area contributed by atoms with Crippen molar-refractivity contribution in [3.05, 3.63) is 77.9 Å². The summed E-state index contributed by atoms with van der Waals surface area (Å²) in [7, 11) is 0. The Kier molecular flexibility index (Phi) is 5.29. The molecule has 0 N–H and O–H groups in total. The second-order valence-corrected chi connectivity index (χ2v) is 5.56. The SMILES string of the molecule is CSc1ccc([C@@H](C)/C=C/Cc2ccccc2)cc1. The molecular formula is C18H20S. The fourth-order valence-electron chi connectivity index (χ4n) is 2.04. The van der Waals surface area contributed by atoms with Crippen LogP contribution in [0.15, 0.2) is 71.6 Å². The maximum absolute atomic E-state index is 2.29. The number of rotatable bonds is 5. The van der Waals surface area contributed by atoms with Gasteiger partial charge in [-0.3, -0.25) is 0 Å². The smallest absolute Gasteiger partial charge is 0.00693 e. The molecule has 0 aliphatic rings. The summed E-state index contributed by atoms with van der Waals surface area (Å²) in [4.78, 5) is 1.32. The van der Waals surface area contributed by atoms with Crippen LogP contribution >= 0.6 is 11.8 Å². The molecule has 0 aliphatic carbocycles. The topological polar surface area (TPSA) is 0 Å². The fourth-order valence-corrected chi connectivity index (χ4v) is 2.45. The van der Waals surface area contributed by atoms with Gasteiger partial charge in [0.2, 0.25) is 0 Å². The van der Waals surface area contributed by atoms with Crippen molar-refractivity contribution in [1.82, 2.24) is 0 Å². The Morgan fingerprint density at radius 3 is 2.32 bits per heavy atom. The summed E-state index contributed by atoms with van der Waals surface area (Å²) in [5.74, 6) is 0.472. The molecule has 0 aliphatic heterocycles. The van der Waals surface area contributed by atoms with Gasteiger partial charge in [-0.25, -0.2) is 0 Å². The minimum absolute atomic E-state index is 0.472. The maximum atomic E-state index is 2.29. The monoisotopic (exact) mass is 268 g/mol. The second kappa shape index (κ2) is 7.20. The van der Waals surface area contributed by atoms with E-state index >= 15 is 0 Å². The van der Waals surface area contributed by atoms with Crippen LogP contribution < -0.4 is 0 Å². The molecular weight excluding hydrogens is 248 g/mol. The molecule has 2 aromatic carbocycles. The molecule has 2 rings (SSSR count). The predicted octanol–water partition coefficient (Wildman–Crippen LogP) is 5.31. The number of hydrogen-bond donors (Lipinski definition) is 0. The number of hydrogen-bond acceptors (Lipinski definition) is 1. The highest BCUT2D eigenvalue weighted by Gasteiger charge is 2.00. The van der Waals surface area contributed by atoms with Crippen LogP contribution in [0, 0.1) is 0 Å². The lowest BCUT2D eigenvalue weighted by Gasteiger charge is -2.07. The van der Waals surface area contributed by atoms with Gasteiger partial charge in [0.1, 0.15) is 0 Å². The van der Waals surface area contributed by atoms with Crippen molar-refractivity contribution in [3.63, 3.8) is 0 Å². The van der Waals surface area contributed by atoms with E-state index in [4.69, 9.17) is 0 Å². The number of benzene rings is 2. The van der Waals surface area contributed by atoms with Crippen LogP contribution in [-0.2, 0) is 6.42 Å². The van der Waals surface area contributed by atoms with Gasteiger partial charge in [-0.1, -0.05) is 61.5 Å². The molecule has 1 heteroatoms. The van der Waals surface area contributed by atoms with Crippen molar-refractivity contribution in [2.45, 2.75) is 24.2 Å². The van der Waals surface area contributed by atoms with Gasteiger partial charge in [-0.05, 0) is 41.9 Å². The molecule has 0 saturated carbocycles. The van der Waals surface area contributed by atoms with Crippen LogP contribution in [0.3, 0.4) is 0 Å². The molecule has 1 atom stereocenters. The molecule has 0 heterocycles. The molecule has 19 heavy (non-hydrogen) atoms. The Bertz CT molecular complexity index is 511. The van der Waals surface area contributed by atoms with E-state index in [1.807, 2.05) is 0 Å². The minimum atomic E-state index is 0.472. The minimum Gasteiger partial charge on any atom is -0.130 e. The van der Waals surface area contributed by atoms with E-state index in [-0.39, 0.29) is 0 Å². The molecule has 2 aromatic rings. The molecule has 0 spiro atoms. The zero-order chi connectivity index (χ0) is 13.5. The first-order valence-electron chi connectivity index (χ1n) is 6.64. The second-order valence-electron chi connectivity index (χ2n) is 4.68. The van der Waals surface area contributed by atoms with E-state index in [1.54, 1.807) is 11.8 Å². The van der Waals surface area contributed by atoms with Gasteiger partial charge in [0.05, 0.1) is 0 Å². The summed E-state index contributed by atoms with van der Waals surface area (Å²) >= 11 is 1.79. The lowest BCUT2D eigenvalue weighted by molar-refractivity contribution is 0.956. The maximum Gasteiger partial charge on any atom is 0.00693 e. The normalized spacial score (nSPS) is 12.7. The van der Waals surface area contributed by atoms with E-state index < -0.39 is 0 Å². The quantitative estimate of drug-likeness (QED) is 0.523. The first-order chi connectivity index (χ1) is 9.29. The van der Waals surface area contributed by atoms with E-state index in [9.17, 15) is 0 Å². The van der Waals surface area contributed by atoms with Gasteiger partial charge in [0, 0.05) is 4.90 Å². The fraction of sp³-hybridized carbons (Fsp3) is 0.222.